The molecule has 1 aromatic rings. The minimum Gasteiger partial charge on any atom is -0.351 e. The Hall–Kier alpha value is -0.830. The maximum Gasteiger partial charge on any atom is 0.223 e. The second-order valence-corrected chi connectivity index (χ2v) is 6.35. The predicted octanol–water partition coefficient (Wildman–Crippen LogP) is 2.72. The standard InChI is InChI=1S/C12H17NOS/c1-8-4-5-9(15-8)7-13-11(14)10-6-12(10,2)3/h4-5,10H,6-7H2,1-3H3,(H,13,14). The van der Waals surface area contributed by atoms with Gasteiger partial charge in [-0.05, 0) is 30.9 Å². The van der Waals surface area contributed by atoms with Crippen molar-refractivity contribution < 1.29 is 4.79 Å². The van der Waals surface area contributed by atoms with Crippen molar-refractivity contribution in [1.82, 2.24) is 5.32 Å². The highest BCUT2D eigenvalue weighted by molar-refractivity contribution is 7.11. The third-order valence-electron chi connectivity index (χ3n) is 3.06. The summed E-state index contributed by atoms with van der Waals surface area (Å²) >= 11 is 1.75. The van der Waals surface area contributed by atoms with E-state index in [1.165, 1.54) is 9.75 Å². The average molecular weight is 223 g/mol. The van der Waals surface area contributed by atoms with Crippen molar-refractivity contribution in [1.29, 1.82) is 0 Å². The van der Waals surface area contributed by atoms with Crippen LogP contribution in [0, 0.1) is 18.3 Å². The lowest BCUT2D eigenvalue weighted by molar-refractivity contribution is -0.123. The third kappa shape index (κ3) is 2.40. The van der Waals surface area contributed by atoms with Crippen molar-refractivity contribution in [3.05, 3.63) is 21.9 Å². The van der Waals surface area contributed by atoms with Gasteiger partial charge >= 0.3 is 0 Å². The highest BCUT2D eigenvalue weighted by Crippen LogP contribution is 2.51. The number of thiophene rings is 1. The largest absolute Gasteiger partial charge is 0.351 e. The molecule has 1 atom stereocenters. The van der Waals surface area contributed by atoms with E-state index in [0.29, 0.717) is 6.54 Å². The first-order valence-corrected chi connectivity index (χ1v) is 6.14. The first-order valence-electron chi connectivity index (χ1n) is 5.32. The van der Waals surface area contributed by atoms with Crippen LogP contribution >= 0.6 is 11.3 Å². The van der Waals surface area contributed by atoms with Gasteiger partial charge in [0.15, 0.2) is 0 Å². The van der Waals surface area contributed by atoms with Gasteiger partial charge in [0, 0.05) is 15.7 Å². The lowest BCUT2D eigenvalue weighted by Gasteiger charge is -2.04. The van der Waals surface area contributed by atoms with Crippen LogP contribution in [0.4, 0.5) is 0 Å². The van der Waals surface area contributed by atoms with Gasteiger partial charge < -0.3 is 5.32 Å². The summed E-state index contributed by atoms with van der Waals surface area (Å²) in [5, 5.41) is 3.00. The normalized spacial score (nSPS) is 22.5. The minimum absolute atomic E-state index is 0.214. The maximum absolute atomic E-state index is 11.7. The summed E-state index contributed by atoms with van der Waals surface area (Å²) < 4.78 is 0. The van der Waals surface area contributed by atoms with E-state index in [-0.39, 0.29) is 17.2 Å². The zero-order valence-corrected chi connectivity index (χ0v) is 10.3. The smallest absolute Gasteiger partial charge is 0.223 e. The number of amides is 1. The Balaban J connectivity index is 1.82. The molecule has 0 aliphatic heterocycles. The van der Waals surface area contributed by atoms with Gasteiger partial charge in [0.25, 0.3) is 0 Å². The lowest BCUT2D eigenvalue weighted by Crippen LogP contribution is -2.25. The van der Waals surface area contributed by atoms with E-state index in [1.54, 1.807) is 11.3 Å². The summed E-state index contributed by atoms with van der Waals surface area (Å²) in [6.45, 7) is 7.06. The van der Waals surface area contributed by atoms with Crippen LogP contribution in [0.3, 0.4) is 0 Å². The second kappa shape index (κ2) is 3.63. The summed E-state index contributed by atoms with van der Waals surface area (Å²) in [5.41, 5.74) is 0.232. The fraction of sp³-hybridized carbons (Fsp3) is 0.583. The number of rotatable bonds is 3. The van der Waals surface area contributed by atoms with Gasteiger partial charge in [-0.2, -0.15) is 0 Å². The summed E-state index contributed by atoms with van der Waals surface area (Å²) in [7, 11) is 0. The van der Waals surface area contributed by atoms with E-state index >= 15 is 0 Å². The molecule has 1 amide bonds. The summed E-state index contributed by atoms with van der Waals surface area (Å²) in [6.07, 6.45) is 1.03. The highest BCUT2D eigenvalue weighted by atomic mass is 32.1. The fourth-order valence-corrected chi connectivity index (χ4v) is 2.62. The maximum atomic E-state index is 11.7. The molecule has 82 valence electrons. The number of aryl methyl sites for hydroxylation is 1. The van der Waals surface area contributed by atoms with Crippen molar-refractivity contribution in [3.63, 3.8) is 0 Å². The molecule has 0 spiro atoms. The predicted molar refractivity (Wildman–Crippen MR) is 62.8 cm³/mol. The molecule has 1 aliphatic carbocycles. The topological polar surface area (TPSA) is 29.1 Å². The van der Waals surface area contributed by atoms with Crippen LogP contribution in [-0.4, -0.2) is 5.91 Å². The molecule has 0 saturated heterocycles. The Morgan fingerprint density at radius 2 is 2.27 bits per heavy atom. The molecular formula is C12H17NOS. The molecule has 2 nitrogen and oxygen atoms in total. The van der Waals surface area contributed by atoms with E-state index in [9.17, 15) is 4.79 Å². The van der Waals surface area contributed by atoms with Crippen molar-refractivity contribution >= 4 is 17.2 Å². The van der Waals surface area contributed by atoms with E-state index in [1.807, 2.05) is 0 Å². The number of carbonyl (C=O) groups excluding carboxylic acids is 1. The second-order valence-electron chi connectivity index (χ2n) is 4.98. The molecule has 0 radical (unpaired) electrons. The minimum atomic E-state index is 0.214. The molecule has 0 aromatic carbocycles. The van der Waals surface area contributed by atoms with Crippen LogP contribution < -0.4 is 5.32 Å². The summed E-state index contributed by atoms with van der Waals surface area (Å²) in [5.74, 6) is 0.449. The molecule has 1 aromatic heterocycles. The van der Waals surface area contributed by atoms with Gasteiger partial charge in [0.2, 0.25) is 5.91 Å². The van der Waals surface area contributed by atoms with E-state index in [0.717, 1.165) is 6.42 Å². The zero-order valence-electron chi connectivity index (χ0n) is 9.46. The van der Waals surface area contributed by atoms with Crippen LogP contribution in [0.1, 0.15) is 30.0 Å². The van der Waals surface area contributed by atoms with Crippen LogP contribution in [0.5, 0.6) is 0 Å². The molecule has 1 heterocycles. The van der Waals surface area contributed by atoms with Crippen LogP contribution in [0.2, 0.25) is 0 Å². The third-order valence-corrected chi connectivity index (χ3v) is 4.06. The van der Waals surface area contributed by atoms with Crippen molar-refractivity contribution in [2.24, 2.45) is 11.3 Å². The number of hydrogen-bond acceptors (Lipinski definition) is 2. The number of carbonyl (C=O) groups is 1. The highest BCUT2D eigenvalue weighted by Gasteiger charge is 2.50. The Morgan fingerprint density at radius 1 is 1.60 bits per heavy atom. The quantitative estimate of drug-likeness (QED) is 0.838. The van der Waals surface area contributed by atoms with Gasteiger partial charge in [-0.3, -0.25) is 4.79 Å². The van der Waals surface area contributed by atoms with Crippen molar-refractivity contribution in [3.8, 4) is 0 Å². The van der Waals surface area contributed by atoms with Gasteiger partial charge in [0.1, 0.15) is 0 Å². The molecule has 1 unspecified atom stereocenters. The first-order chi connectivity index (χ1) is 6.99. The summed E-state index contributed by atoms with van der Waals surface area (Å²) in [6, 6.07) is 4.17. The molecule has 15 heavy (non-hydrogen) atoms. The molecule has 1 saturated carbocycles. The Bertz CT molecular complexity index is 381. The molecule has 1 fully saturated rings. The van der Waals surface area contributed by atoms with Gasteiger partial charge in [0.05, 0.1) is 6.54 Å². The Kier molecular flexibility index (Phi) is 2.59. The van der Waals surface area contributed by atoms with Gasteiger partial charge in [-0.25, -0.2) is 0 Å². The van der Waals surface area contributed by atoms with Crippen LogP contribution in [-0.2, 0) is 11.3 Å². The van der Waals surface area contributed by atoms with Crippen LogP contribution in [0.15, 0.2) is 12.1 Å². The van der Waals surface area contributed by atoms with Gasteiger partial charge in [-0.15, -0.1) is 11.3 Å². The molecule has 0 bridgehead atoms. The molecule has 2 rings (SSSR count). The van der Waals surface area contributed by atoms with Crippen LogP contribution in [0.25, 0.3) is 0 Å². The number of hydrogen-bond donors (Lipinski definition) is 1. The molecular weight excluding hydrogens is 206 g/mol. The summed E-state index contributed by atoms with van der Waals surface area (Å²) in [4.78, 5) is 14.2. The SMILES string of the molecule is Cc1ccc(CNC(=O)C2CC2(C)C)s1. The number of nitrogens with one attached hydrogen (secondary N) is 1. The molecule has 1 aliphatic rings. The zero-order chi connectivity index (χ0) is 11.1. The molecule has 3 heteroatoms. The van der Waals surface area contributed by atoms with E-state index in [2.05, 4.69) is 38.2 Å². The van der Waals surface area contributed by atoms with Crippen molar-refractivity contribution in [2.75, 3.05) is 0 Å². The molecule has 1 N–H and O–H groups in total. The fourth-order valence-electron chi connectivity index (χ4n) is 1.79. The lowest BCUT2D eigenvalue weighted by atomic mass is 10.1. The van der Waals surface area contributed by atoms with E-state index in [4.69, 9.17) is 0 Å². The monoisotopic (exact) mass is 223 g/mol. The average Bonchev–Trinajstić information content (AvgIpc) is 2.59. The van der Waals surface area contributed by atoms with Crippen molar-refractivity contribution in [2.45, 2.75) is 33.7 Å². The van der Waals surface area contributed by atoms with E-state index < -0.39 is 0 Å². The van der Waals surface area contributed by atoms with Gasteiger partial charge in [-0.1, -0.05) is 13.8 Å². The first kappa shape index (κ1) is 10.7. The Labute approximate surface area is 94.7 Å². The Morgan fingerprint density at radius 3 is 2.73 bits per heavy atom.